The lowest BCUT2D eigenvalue weighted by atomic mass is 9.93. The Morgan fingerprint density at radius 1 is 1.21 bits per heavy atom. The van der Waals surface area contributed by atoms with Crippen LogP contribution in [0.3, 0.4) is 0 Å². The van der Waals surface area contributed by atoms with E-state index in [0.29, 0.717) is 5.75 Å². The zero-order valence-corrected chi connectivity index (χ0v) is 17.1. The third-order valence-corrected chi connectivity index (χ3v) is 5.88. The monoisotopic (exact) mass is 394 g/mol. The predicted octanol–water partition coefficient (Wildman–Crippen LogP) is 4.12. The van der Waals surface area contributed by atoms with Crippen molar-refractivity contribution < 1.29 is 14.6 Å². The topological polar surface area (TPSA) is 92.3 Å². The van der Waals surface area contributed by atoms with Crippen LogP contribution in [0.2, 0.25) is 0 Å². The number of aromatic nitrogens is 1. The molecule has 0 aliphatic heterocycles. The van der Waals surface area contributed by atoms with E-state index in [1.54, 1.807) is 6.07 Å². The molecule has 2 aromatic rings. The van der Waals surface area contributed by atoms with Crippen LogP contribution in [-0.2, 0) is 0 Å². The van der Waals surface area contributed by atoms with Crippen molar-refractivity contribution >= 4 is 5.78 Å². The number of pyridine rings is 1. The number of rotatable bonds is 5. The van der Waals surface area contributed by atoms with E-state index in [2.05, 4.69) is 0 Å². The summed E-state index contributed by atoms with van der Waals surface area (Å²) in [7, 11) is 0. The maximum absolute atomic E-state index is 13.0. The standard InChI is InChI=1S/C23H26N2O4/c1-14-8-7-11-20(15(14)2)29-13-19(26)21-16(3)18(12-24)22(27)25(23(21)28)17-9-5-4-6-10-17/h7-8,11,17,28H,4-6,9-10,13H2,1-3H3. The van der Waals surface area contributed by atoms with Gasteiger partial charge in [-0.1, -0.05) is 31.4 Å². The molecule has 6 heteroatoms. The molecule has 0 spiro atoms. The van der Waals surface area contributed by atoms with Crippen molar-refractivity contribution in [3.05, 3.63) is 56.4 Å². The fraction of sp³-hybridized carbons (Fsp3) is 0.435. The maximum Gasteiger partial charge on any atom is 0.271 e. The number of Topliss-reactive ketones (excluding diaryl/α,β-unsaturated/α-hetero) is 1. The predicted molar refractivity (Wildman–Crippen MR) is 110 cm³/mol. The first-order valence-electron chi connectivity index (χ1n) is 9.97. The van der Waals surface area contributed by atoms with E-state index in [0.717, 1.165) is 43.2 Å². The molecule has 1 aromatic heterocycles. The van der Waals surface area contributed by atoms with Crippen LogP contribution >= 0.6 is 0 Å². The summed E-state index contributed by atoms with van der Waals surface area (Å²) in [6, 6.07) is 7.31. The van der Waals surface area contributed by atoms with Gasteiger partial charge in [0.15, 0.2) is 6.61 Å². The number of ketones is 1. The Morgan fingerprint density at radius 2 is 1.90 bits per heavy atom. The molecule has 1 fully saturated rings. The Labute approximate surface area is 170 Å². The lowest BCUT2D eigenvalue weighted by molar-refractivity contribution is 0.0915. The van der Waals surface area contributed by atoms with Crippen LogP contribution in [0, 0.1) is 32.1 Å². The van der Waals surface area contributed by atoms with Crippen molar-refractivity contribution in [3.63, 3.8) is 0 Å². The number of carbonyl (C=O) groups is 1. The fourth-order valence-electron chi connectivity index (χ4n) is 4.03. The Kier molecular flexibility index (Phi) is 6.07. The molecular weight excluding hydrogens is 368 g/mol. The highest BCUT2D eigenvalue weighted by molar-refractivity contribution is 6.01. The molecule has 0 saturated heterocycles. The second-order valence-corrected chi connectivity index (χ2v) is 7.69. The van der Waals surface area contributed by atoms with E-state index in [1.807, 2.05) is 32.0 Å². The summed E-state index contributed by atoms with van der Waals surface area (Å²) in [4.78, 5) is 25.8. The molecule has 0 atom stereocenters. The van der Waals surface area contributed by atoms with E-state index < -0.39 is 11.3 Å². The highest BCUT2D eigenvalue weighted by Crippen LogP contribution is 2.33. The molecule has 3 rings (SSSR count). The van der Waals surface area contributed by atoms with Crippen molar-refractivity contribution in [2.24, 2.45) is 0 Å². The molecule has 152 valence electrons. The summed E-state index contributed by atoms with van der Waals surface area (Å²) < 4.78 is 6.95. The van der Waals surface area contributed by atoms with E-state index in [9.17, 15) is 20.0 Å². The van der Waals surface area contributed by atoms with E-state index in [4.69, 9.17) is 4.74 Å². The third kappa shape index (κ3) is 3.91. The Bertz CT molecular complexity index is 1040. The minimum absolute atomic E-state index is 0.00275. The van der Waals surface area contributed by atoms with Crippen LogP contribution in [0.1, 0.15) is 70.8 Å². The van der Waals surface area contributed by atoms with Crippen molar-refractivity contribution in [2.75, 3.05) is 6.61 Å². The number of aromatic hydroxyl groups is 1. The number of hydrogen-bond donors (Lipinski definition) is 1. The number of aryl methyl sites for hydroxylation is 1. The second kappa shape index (κ2) is 8.52. The molecule has 1 aromatic carbocycles. The maximum atomic E-state index is 13.0. The van der Waals surface area contributed by atoms with Crippen molar-refractivity contribution in [1.29, 1.82) is 5.26 Å². The van der Waals surface area contributed by atoms with E-state index in [-0.39, 0.29) is 35.2 Å². The van der Waals surface area contributed by atoms with Crippen LogP contribution in [0.4, 0.5) is 0 Å². The number of benzene rings is 1. The quantitative estimate of drug-likeness (QED) is 0.770. The average molecular weight is 394 g/mol. The molecular formula is C23H26N2O4. The molecule has 6 nitrogen and oxygen atoms in total. The zero-order valence-electron chi connectivity index (χ0n) is 17.1. The highest BCUT2D eigenvalue weighted by atomic mass is 16.5. The number of nitrogens with zero attached hydrogens (tertiary/aromatic N) is 2. The molecule has 0 bridgehead atoms. The molecule has 1 N–H and O–H groups in total. The van der Waals surface area contributed by atoms with Crippen LogP contribution in [0.25, 0.3) is 0 Å². The van der Waals surface area contributed by atoms with Gasteiger partial charge in [0.1, 0.15) is 17.4 Å². The minimum atomic E-state index is -0.526. The molecule has 29 heavy (non-hydrogen) atoms. The van der Waals surface area contributed by atoms with Gasteiger partial charge >= 0.3 is 0 Å². The fourth-order valence-corrected chi connectivity index (χ4v) is 4.03. The zero-order chi connectivity index (χ0) is 21.1. The first-order valence-corrected chi connectivity index (χ1v) is 9.97. The molecule has 1 saturated carbocycles. The third-order valence-electron chi connectivity index (χ3n) is 5.88. The normalized spacial score (nSPS) is 14.4. The SMILES string of the molecule is Cc1cccc(OCC(=O)c2c(C)c(C#N)c(=O)n(C3CCCCC3)c2O)c1C. The smallest absolute Gasteiger partial charge is 0.271 e. The van der Waals surface area contributed by atoms with Gasteiger partial charge in [-0.15, -0.1) is 0 Å². The largest absolute Gasteiger partial charge is 0.494 e. The van der Waals surface area contributed by atoms with Gasteiger partial charge in [0.25, 0.3) is 5.56 Å². The van der Waals surface area contributed by atoms with Crippen molar-refractivity contribution in [3.8, 4) is 17.7 Å². The summed E-state index contributed by atoms with van der Waals surface area (Å²) >= 11 is 0. The summed E-state index contributed by atoms with van der Waals surface area (Å²) in [6.45, 7) is 5.11. The van der Waals surface area contributed by atoms with Gasteiger partial charge in [0, 0.05) is 6.04 Å². The molecule has 0 unspecified atom stereocenters. The summed E-state index contributed by atoms with van der Waals surface area (Å²) in [6.07, 6.45) is 4.47. The van der Waals surface area contributed by atoms with Gasteiger partial charge in [-0.2, -0.15) is 5.26 Å². The lowest BCUT2D eigenvalue weighted by Crippen LogP contribution is -2.31. The van der Waals surface area contributed by atoms with Gasteiger partial charge in [-0.05, 0) is 56.4 Å². The van der Waals surface area contributed by atoms with Crippen LogP contribution < -0.4 is 10.3 Å². The molecule has 1 aliphatic carbocycles. The molecule has 0 radical (unpaired) electrons. The first-order chi connectivity index (χ1) is 13.9. The van der Waals surface area contributed by atoms with Crippen LogP contribution in [0.5, 0.6) is 11.6 Å². The molecule has 0 amide bonds. The van der Waals surface area contributed by atoms with Crippen molar-refractivity contribution in [2.45, 2.75) is 58.9 Å². The number of hydrogen-bond acceptors (Lipinski definition) is 5. The van der Waals surface area contributed by atoms with Gasteiger partial charge in [0.2, 0.25) is 11.7 Å². The Balaban J connectivity index is 1.99. The van der Waals surface area contributed by atoms with Crippen LogP contribution in [-0.4, -0.2) is 22.1 Å². The first kappa shape index (κ1) is 20.7. The van der Waals surface area contributed by atoms with Gasteiger partial charge in [-0.25, -0.2) is 0 Å². The van der Waals surface area contributed by atoms with Crippen LogP contribution in [0.15, 0.2) is 23.0 Å². The Morgan fingerprint density at radius 3 is 2.55 bits per heavy atom. The summed E-state index contributed by atoms with van der Waals surface area (Å²) in [5.74, 6) is -0.216. The average Bonchev–Trinajstić information content (AvgIpc) is 2.70. The van der Waals surface area contributed by atoms with Crippen molar-refractivity contribution in [1.82, 2.24) is 4.57 Å². The Hall–Kier alpha value is -3.07. The summed E-state index contributed by atoms with van der Waals surface area (Å²) in [5, 5.41) is 20.4. The molecule has 1 heterocycles. The highest BCUT2D eigenvalue weighted by Gasteiger charge is 2.28. The number of nitriles is 1. The van der Waals surface area contributed by atoms with E-state index >= 15 is 0 Å². The van der Waals surface area contributed by atoms with Gasteiger partial charge < -0.3 is 9.84 Å². The molecule has 1 aliphatic rings. The summed E-state index contributed by atoms with van der Waals surface area (Å²) in [5.41, 5.74) is 1.57. The lowest BCUT2D eigenvalue weighted by Gasteiger charge is -2.26. The van der Waals surface area contributed by atoms with Gasteiger partial charge in [-0.3, -0.25) is 14.2 Å². The van der Waals surface area contributed by atoms with E-state index in [1.165, 1.54) is 11.5 Å². The minimum Gasteiger partial charge on any atom is -0.494 e. The number of carbonyl (C=O) groups excluding carboxylic acids is 1. The second-order valence-electron chi connectivity index (χ2n) is 7.69. The number of ether oxygens (including phenoxy) is 1. The van der Waals surface area contributed by atoms with Gasteiger partial charge in [0.05, 0.1) is 5.56 Å².